The van der Waals surface area contributed by atoms with E-state index in [1.165, 1.54) is 19.1 Å². The van der Waals surface area contributed by atoms with E-state index in [9.17, 15) is 19.5 Å². The number of ether oxygens (including phenoxy) is 1. The third kappa shape index (κ3) is 4.75. The molecule has 168 valence electrons. The molecule has 0 bridgehead atoms. The number of carboxylic acids is 1. The van der Waals surface area contributed by atoms with E-state index in [1.54, 1.807) is 6.07 Å². The molecule has 33 heavy (non-hydrogen) atoms. The number of amides is 2. The van der Waals surface area contributed by atoms with Crippen LogP contribution in [-0.4, -0.2) is 35.7 Å². The number of carbonyl (C=O) groups is 3. The Bertz CT molecular complexity index is 1200. The number of aromatic carboxylic acids is 1. The topological polar surface area (TPSA) is 105 Å². The maximum absolute atomic E-state index is 12.5. The lowest BCUT2D eigenvalue weighted by molar-refractivity contribution is -0.117. The third-order valence-corrected chi connectivity index (χ3v) is 6.03. The number of carboxylic acid groups (broad SMARTS) is 1. The molecular weight excluding hydrogens is 488 g/mol. The molecule has 0 saturated heterocycles. The van der Waals surface area contributed by atoms with Gasteiger partial charge in [0.25, 0.3) is 0 Å². The summed E-state index contributed by atoms with van der Waals surface area (Å²) >= 11 is 3.25. The van der Waals surface area contributed by atoms with Gasteiger partial charge in [0.1, 0.15) is 12.6 Å². The van der Waals surface area contributed by atoms with Crippen LogP contribution in [0.4, 0.5) is 10.5 Å². The zero-order valence-corrected chi connectivity index (χ0v) is 19.3. The summed E-state index contributed by atoms with van der Waals surface area (Å²) in [5.74, 6) is -1.83. The van der Waals surface area contributed by atoms with E-state index in [2.05, 4.69) is 26.6 Å². The van der Waals surface area contributed by atoms with Crippen molar-refractivity contribution < 1.29 is 24.2 Å². The Hall–Kier alpha value is -3.65. The lowest BCUT2D eigenvalue weighted by Crippen LogP contribution is -2.42. The molecule has 0 saturated carbocycles. The molecule has 0 heterocycles. The van der Waals surface area contributed by atoms with Crippen LogP contribution in [0.15, 0.2) is 71.2 Å². The standard InChI is InChI=1S/C25H21BrN2O5/c1-14(23(29)28-22-12-15(26)10-11-20(22)24(30)31)27-25(32)33-13-21-18-8-4-2-6-16(18)17-7-3-5-9-19(17)21/h2-12,14,21H,13H2,1H3,(H,27,32)(H,28,29)(H,30,31). The average Bonchev–Trinajstić information content (AvgIpc) is 3.11. The molecule has 8 heteroatoms. The van der Waals surface area contributed by atoms with Gasteiger partial charge in [0.05, 0.1) is 11.3 Å². The van der Waals surface area contributed by atoms with Crippen LogP contribution in [0, 0.1) is 0 Å². The summed E-state index contributed by atoms with van der Waals surface area (Å²) in [6.45, 7) is 1.62. The molecule has 4 rings (SSSR count). The first-order valence-corrected chi connectivity index (χ1v) is 11.1. The molecule has 0 aliphatic heterocycles. The summed E-state index contributed by atoms with van der Waals surface area (Å²) in [5, 5.41) is 14.4. The Morgan fingerprint density at radius 1 is 1.00 bits per heavy atom. The molecule has 7 nitrogen and oxygen atoms in total. The zero-order valence-electron chi connectivity index (χ0n) is 17.7. The van der Waals surface area contributed by atoms with Crippen LogP contribution in [0.25, 0.3) is 11.1 Å². The van der Waals surface area contributed by atoms with Gasteiger partial charge in [0, 0.05) is 10.4 Å². The fraction of sp³-hybridized carbons (Fsp3) is 0.160. The van der Waals surface area contributed by atoms with Crippen LogP contribution in [0.3, 0.4) is 0 Å². The molecule has 0 radical (unpaired) electrons. The smallest absolute Gasteiger partial charge is 0.407 e. The second kappa shape index (κ2) is 9.46. The van der Waals surface area contributed by atoms with Crippen LogP contribution >= 0.6 is 15.9 Å². The summed E-state index contributed by atoms with van der Waals surface area (Å²) in [6, 6.07) is 19.5. The van der Waals surface area contributed by atoms with Crippen molar-refractivity contribution >= 4 is 39.6 Å². The van der Waals surface area contributed by atoms with E-state index in [0.717, 1.165) is 22.3 Å². The molecule has 1 unspecified atom stereocenters. The van der Waals surface area contributed by atoms with Crippen molar-refractivity contribution in [3.63, 3.8) is 0 Å². The number of rotatable bonds is 6. The van der Waals surface area contributed by atoms with Crippen LogP contribution < -0.4 is 10.6 Å². The molecule has 0 aromatic heterocycles. The predicted molar refractivity (Wildman–Crippen MR) is 127 cm³/mol. The SMILES string of the molecule is CC(NC(=O)OCC1c2ccccc2-c2ccccc21)C(=O)Nc1cc(Br)ccc1C(=O)O. The van der Waals surface area contributed by atoms with Gasteiger partial charge in [-0.05, 0) is 47.4 Å². The molecule has 1 aliphatic carbocycles. The highest BCUT2D eigenvalue weighted by Gasteiger charge is 2.29. The van der Waals surface area contributed by atoms with Crippen LogP contribution in [0.5, 0.6) is 0 Å². The first kappa shape index (κ1) is 22.5. The summed E-state index contributed by atoms with van der Waals surface area (Å²) in [4.78, 5) is 36.3. The first-order chi connectivity index (χ1) is 15.8. The van der Waals surface area contributed by atoms with Crippen molar-refractivity contribution in [1.29, 1.82) is 0 Å². The Balaban J connectivity index is 1.38. The van der Waals surface area contributed by atoms with Crippen molar-refractivity contribution in [2.45, 2.75) is 18.9 Å². The second-order valence-corrected chi connectivity index (χ2v) is 8.59. The number of hydrogen-bond acceptors (Lipinski definition) is 4. The number of hydrogen-bond donors (Lipinski definition) is 3. The fourth-order valence-corrected chi connectivity index (χ4v) is 4.29. The van der Waals surface area contributed by atoms with Crippen LogP contribution in [0.1, 0.15) is 34.3 Å². The quantitative estimate of drug-likeness (QED) is 0.433. The molecule has 3 aromatic carbocycles. The Morgan fingerprint density at radius 3 is 2.21 bits per heavy atom. The van der Waals surface area contributed by atoms with Gasteiger partial charge >= 0.3 is 12.1 Å². The van der Waals surface area contributed by atoms with Crippen molar-refractivity contribution in [3.05, 3.63) is 87.9 Å². The van der Waals surface area contributed by atoms with Gasteiger partial charge in [0.2, 0.25) is 5.91 Å². The molecule has 1 atom stereocenters. The minimum absolute atomic E-state index is 0.0557. The van der Waals surface area contributed by atoms with Gasteiger partial charge in [-0.2, -0.15) is 0 Å². The van der Waals surface area contributed by atoms with Crippen molar-refractivity contribution in [2.24, 2.45) is 0 Å². The summed E-state index contributed by atoms with van der Waals surface area (Å²) in [5.41, 5.74) is 4.50. The minimum Gasteiger partial charge on any atom is -0.478 e. The first-order valence-electron chi connectivity index (χ1n) is 10.3. The van der Waals surface area contributed by atoms with E-state index in [1.807, 2.05) is 48.5 Å². The third-order valence-electron chi connectivity index (χ3n) is 5.54. The number of nitrogens with one attached hydrogen (secondary N) is 2. The summed E-state index contributed by atoms with van der Waals surface area (Å²) < 4.78 is 6.07. The van der Waals surface area contributed by atoms with Crippen molar-refractivity contribution in [2.75, 3.05) is 11.9 Å². The fourth-order valence-electron chi connectivity index (χ4n) is 3.93. The van der Waals surface area contributed by atoms with E-state index in [0.29, 0.717) is 4.47 Å². The number of carbonyl (C=O) groups excluding carboxylic acids is 2. The molecule has 3 N–H and O–H groups in total. The largest absolute Gasteiger partial charge is 0.478 e. The minimum atomic E-state index is -1.17. The summed E-state index contributed by atoms with van der Waals surface area (Å²) in [7, 11) is 0. The molecule has 0 spiro atoms. The maximum atomic E-state index is 12.5. The normalized spacial score (nSPS) is 12.9. The monoisotopic (exact) mass is 508 g/mol. The van der Waals surface area contributed by atoms with E-state index in [4.69, 9.17) is 4.74 Å². The highest BCUT2D eigenvalue weighted by atomic mass is 79.9. The Morgan fingerprint density at radius 2 is 1.61 bits per heavy atom. The highest BCUT2D eigenvalue weighted by molar-refractivity contribution is 9.10. The van der Waals surface area contributed by atoms with Crippen molar-refractivity contribution in [1.82, 2.24) is 5.32 Å². The molecule has 2 amide bonds. The van der Waals surface area contributed by atoms with Crippen LogP contribution in [0.2, 0.25) is 0 Å². The average molecular weight is 509 g/mol. The van der Waals surface area contributed by atoms with Gasteiger partial charge in [-0.15, -0.1) is 0 Å². The van der Waals surface area contributed by atoms with E-state index in [-0.39, 0.29) is 23.8 Å². The van der Waals surface area contributed by atoms with E-state index < -0.39 is 24.0 Å². The van der Waals surface area contributed by atoms with E-state index >= 15 is 0 Å². The Labute approximate surface area is 198 Å². The predicted octanol–water partition coefficient (Wildman–Crippen LogP) is 5.01. The zero-order chi connectivity index (χ0) is 23.5. The van der Waals surface area contributed by atoms with Crippen molar-refractivity contribution in [3.8, 4) is 11.1 Å². The summed E-state index contributed by atoms with van der Waals surface area (Å²) in [6.07, 6.45) is -0.729. The molecule has 3 aromatic rings. The maximum Gasteiger partial charge on any atom is 0.407 e. The van der Waals surface area contributed by atoms with Gasteiger partial charge in [-0.1, -0.05) is 64.5 Å². The van der Waals surface area contributed by atoms with Crippen LogP contribution in [-0.2, 0) is 9.53 Å². The molecule has 0 fully saturated rings. The van der Waals surface area contributed by atoms with Gasteiger partial charge in [-0.25, -0.2) is 9.59 Å². The number of fused-ring (bicyclic) bond motifs is 3. The number of halogens is 1. The molecular formula is C25H21BrN2O5. The number of anilines is 1. The lowest BCUT2D eigenvalue weighted by atomic mass is 9.98. The highest BCUT2D eigenvalue weighted by Crippen LogP contribution is 2.44. The number of benzene rings is 3. The lowest BCUT2D eigenvalue weighted by Gasteiger charge is -2.17. The number of alkyl carbamates (subject to hydrolysis) is 1. The van der Waals surface area contributed by atoms with Gasteiger partial charge < -0.3 is 20.5 Å². The van der Waals surface area contributed by atoms with Gasteiger partial charge in [-0.3, -0.25) is 4.79 Å². The van der Waals surface area contributed by atoms with Gasteiger partial charge in [0.15, 0.2) is 0 Å². The second-order valence-electron chi connectivity index (χ2n) is 7.68. The Kier molecular flexibility index (Phi) is 6.46. The molecule has 1 aliphatic rings.